The Bertz CT molecular complexity index is 1250. The number of para-hydroxylation sites is 1. The molecule has 0 bridgehead atoms. The Labute approximate surface area is 187 Å². The van der Waals surface area contributed by atoms with Crippen LogP contribution in [0.2, 0.25) is 0 Å². The molecule has 0 saturated carbocycles. The molecule has 1 aliphatic rings. The van der Waals surface area contributed by atoms with Gasteiger partial charge in [-0.3, -0.25) is 9.59 Å². The van der Waals surface area contributed by atoms with Crippen LogP contribution in [-0.4, -0.2) is 25.4 Å². The highest BCUT2D eigenvalue weighted by atomic mass is 16.2. The minimum Gasteiger partial charge on any atom is -0.374 e. The molecule has 0 saturated heterocycles. The molecule has 4 rings (SSSR count). The van der Waals surface area contributed by atoms with Gasteiger partial charge in [-0.1, -0.05) is 48.5 Å². The second-order valence-corrected chi connectivity index (χ2v) is 7.76. The zero-order valence-electron chi connectivity index (χ0n) is 18.1. The molecule has 158 valence electrons. The highest BCUT2D eigenvalue weighted by molar-refractivity contribution is 6.43. The molecule has 2 amide bonds. The number of carbonyl (C=O) groups excluding carboxylic acids is 2. The number of aryl methyl sites for hydroxylation is 1. The third-order valence-electron chi connectivity index (χ3n) is 5.64. The predicted octanol–water partition coefficient (Wildman–Crippen LogP) is 5.07. The van der Waals surface area contributed by atoms with Crippen LogP contribution in [0.15, 0.2) is 72.8 Å². The summed E-state index contributed by atoms with van der Waals surface area (Å²) in [6, 6.07) is 24.6. The maximum Gasteiger partial charge on any atom is 0.265 e. The maximum absolute atomic E-state index is 13.5. The van der Waals surface area contributed by atoms with Crippen LogP contribution >= 0.6 is 0 Å². The van der Waals surface area contributed by atoms with Gasteiger partial charge in [0.2, 0.25) is 0 Å². The minimum atomic E-state index is -0.335. The first-order valence-electron chi connectivity index (χ1n) is 10.4. The lowest BCUT2D eigenvalue weighted by Crippen LogP contribution is -2.42. The summed E-state index contributed by atoms with van der Waals surface area (Å²) < 4.78 is 0. The van der Waals surface area contributed by atoms with Crippen LogP contribution in [0, 0.1) is 18.3 Å². The summed E-state index contributed by atoms with van der Waals surface area (Å²) in [5, 5.41) is 8.79. The number of imide groups is 1. The van der Waals surface area contributed by atoms with Gasteiger partial charge in [-0.25, -0.2) is 4.90 Å². The highest BCUT2D eigenvalue weighted by Gasteiger charge is 2.36. The average molecular weight is 422 g/mol. The fourth-order valence-corrected chi connectivity index (χ4v) is 3.86. The average Bonchev–Trinajstić information content (AvgIpc) is 2.82. The molecule has 5 heteroatoms. The first-order chi connectivity index (χ1) is 15.5. The summed E-state index contributed by atoms with van der Waals surface area (Å²) in [5.74, 6) is -0.648. The van der Waals surface area contributed by atoms with E-state index in [1.54, 1.807) is 12.1 Å². The summed E-state index contributed by atoms with van der Waals surface area (Å²) in [4.78, 5) is 30.1. The third kappa shape index (κ3) is 3.91. The van der Waals surface area contributed by atoms with E-state index in [1.165, 1.54) is 4.90 Å². The largest absolute Gasteiger partial charge is 0.374 e. The number of hydrogen-bond acceptors (Lipinski definition) is 4. The van der Waals surface area contributed by atoms with Crippen LogP contribution < -0.4 is 9.80 Å². The van der Waals surface area contributed by atoms with Gasteiger partial charge in [0, 0.05) is 30.4 Å². The predicted molar refractivity (Wildman–Crippen MR) is 127 cm³/mol. The normalized spacial score (nSPS) is 14.3. The van der Waals surface area contributed by atoms with E-state index in [2.05, 4.69) is 6.07 Å². The van der Waals surface area contributed by atoms with Crippen LogP contribution in [0.25, 0.3) is 11.6 Å². The molecular formula is C27H23N3O2. The van der Waals surface area contributed by atoms with Gasteiger partial charge in [0.15, 0.2) is 0 Å². The lowest BCUT2D eigenvalue weighted by molar-refractivity contribution is -0.112. The van der Waals surface area contributed by atoms with E-state index in [4.69, 9.17) is 5.26 Å². The van der Waals surface area contributed by atoms with Gasteiger partial charge in [0.1, 0.15) is 0 Å². The van der Waals surface area contributed by atoms with Crippen molar-refractivity contribution in [1.29, 1.82) is 5.26 Å². The van der Waals surface area contributed by atoms with Crippen LogP contribution in [0.1, 0.15) is 33.5 Å². The molecule has 32 heavy (non-hydrogen) atoms. The monoisotopic (exact) mass is 421 g/mol. The number of rotatable bonds is 5. The molecule has 0 spiro atoms. The molecule has 1 heterocycles. The van der Waals surface area contributed by atoms with Gasteiger partial charge < -0.3 is 4.90 Å². The van der Waals surface area contributed by atoms with E-state index < -0.39 is 0 Å². The molecule has 3 aromatic rings. The maximum atomic E-state index is 13.5. The van der Waals surface area contributed by atoms with E-state index in [0.717, 1.165) is 16.8 Å². The van der Waals surface area contributed by atoms with Crippen molar-refractivity contribution in [1.82, 2.24) is 0 Å². The second kappa shape index (κ2) is 8.91. The molecule has 0 atom stereocenters. The summed E-state index contributed by atoms with van der Waals surface area (Å²) in [7, 11) is 1.94. The Morgan fingerprint density at radius 2 is 1.56 bits per heavy atom. The lowest BCUT2D eigenvalue weighted by Gasteiger charge is -2.29. The third-order valence-corrected chi connectivity index (χ3v) is 5.64. The van der Waals surface area contributed by atoms with Crippen molar-refractivity contribution in [2.45, 2.75) is 13.3 Å². The minimum absolute atomic E-state index is 0.313. The number of nitriles is 1. The van der Waals surface area contributed by atoms with Crippen LogP contribution in [0.3, 0.4) is 0 Å². The molecule has 0 N–H and O–H groups in total. The molecule has 0 aromatic heterocycles. The Hall–Kier alpha value is -4.17. The number of carbonyl (C=O) groups is 2. The van der Waals surface area contributed by atoms with Crippen molar-refractivity contribution in [3.05, 3.63) is 95.1 Å². The van der Waals surface area contributed by atoms with Gasteiger partial charge in [0.05, 0.1) is 18.2 Å². The molecule has 5 nitrogen and oxygen atoms in total. The molecular weight excluding hydrogens is 398 g/mol. The first kappa shape index (κ1) is 21.1. The Morgan fingerprint density at radius 3 is 2.25 bits per heavy atom. The second-order valence-electron chi connectivity index (χ2n) is 7.76. The van der Waals surface area contributed by atoms with E-state index in [-0.39, 0.29) is 11.8 Å². The number of fused-ring (bicyclic) bond motifs is 1. The van der Waals surface area contributed by atoms with Gasteiger partial charge in [-0.15, -0.1) is 0 Å². The number of benzene rings is 3. The number of anilines is 2. The first-order valence-corrected chi connectivity index (χ1v) is 10.4. The summed E-state index contributed by atoms with van der Waals surface area (Å²) in [5.41, 5.74) is 4.94. The van der Waals surface area contributed by atoms with Gasteiger partial charge in [-0.2, -0.15) is 5.26 Å². The van der Waals surface area contributed by atoms with Crippen molar-refractivity contribution in [2.24, 2.45) is 0 Å². The quantitative estimate of drug-likeness (QED) is 0.426. The van der Waals surface area contributed by atoms with Crippen molar-refractivity contribution >= 4 is 34.8 Å². The smallest absolute Gasteiger partial charge is 0.265 e. The van der Waals surface area contributed by atoms with E-state index in [1.807, 2.05) is 85.6 Å². The Balaban J connectivity index is 1.76. The highest BCUT2D eigenvalue weighted by Crippen LogP contribution is 2.34. The molecule has 1 aliphatic heterocycles. The van der Waals surface area contributed by atoms with Gasteiger partial charge >= 0.3 is 0 Å². The summed E-state index contributed by atoms with van der Waals surface area (Å²) in [6.07, 6.45) is 2.29. The lowest BCUT2D eigenvalue weighted by atomic mass is 9.91. The summed E-state index contributed by atoms with van der Waals surface area (Å²) >= 11 is 0. The van der Waals surface area contributed by atoms with Crippen molar-refractivity contribution < 1.29 is 9.59 Å². The van der Waals surface area contributed by atoms with Gasteiger partial charge in [-0.05, 0) is 54.0 Å². The van der Waals surface area contributed by atoms with Crippen molar-refractivity contribution in [3.63, 3.8) is 0 Å². The number of nitrogens with zero attached hydrogens (tertiary/aromatic N) is 3. The van der Waals surface area contributed by atoms with Crippen LogP contribution in [-0.2, 0) is 4.79 Å². The molecule has 0 aliphatic carbocycles. The SMILES string of the molecule is Cc1ccccc1N1C(=O)/C(=C/c2ccc(N(C)CCC#N)cc2)c2ccccc2C1=O. The zero-order chi connectivity index (χ0) is 22.7. The summed E-state index contributed by atoms with van der Waals surface area (Å²) in [6.45, 7) is 2.54. The van der Waals surface area contributed by atoms with E-state index >= 15 is 0 Å². The topological polar surface area (TPSA) is 64.4 Å². The van der Waals surface area contributed by atoms with E-state index in [0.29, 0.717) is 35.4 Å². The zero-order valence-corrected chi connectivity index (χ0v) is 18.1. The fourth-order valence-electron chi connectivity index (χ4n) is 3.86. The standard InChI is InChI=1S/C27H23N3O2/c1-19-8-3-6-11-25(19)30-26(31)23-10-5-4-9-22(23)24(27(30)32)18-20-12-14-21(15-13-20)29(2)17-7-16-28/h3-6,8-15,18H,7,17H2,1-2H3/b24-18+. The molecule has 0 unspecified atom stereocenters. The Morgan fingerprint density at radius 1 is 0.906 bits per heavy atom. The number of amides is 2. The molecule has 0 fully saturated rings. The van der Waals surface area contributed by atoms with E-state index in [9.17, 15) is 9.59 Å². The van der Waals surface area contributed by atoms with Crippen molar-refractivity contribution in [2.75, 3.05) is 23.4 Å². The molecule has 3 aromatic carbocycles. The molecule has 0 radical (unpaired) electrons. The van der Waals surface area contributed by atoms with Gasteiger partial charge in [0.25, 0.3) is 11.8 Å². The Kier molecular flexibility index (Phi) is 5.87. The van der Waals surface area contributed by atoms with Crippen LogP contribution in [0.5, 0.6) is 0 Å². The fraction of sp³-hybridized carbons (Fsp3) is 0.148. The van der Waals surface area contributed by atoms with Crippen molar-refractivity contribution in [3.8, 4) is 6.07 Å². The number of hydrogen-bond donors (Lipinski definition) is 0. The van der Waals surface area contributed by atoms with Crippen LogP contribution in [0.4, 0.5) is 11.4 Å².